The molecule has 0 amide bonds. The maximum atomic E-state index is 3.38. The van der Waals surface area contributed by atoms with Gasteiger partial charge < -0.3 is 5.32 Å². The molecule has 0 atom stereocenters. The highest BCUT2D eigenvalue weighted by molar-refractivity contribution is 5.08. The Labute approximate surface area is 69.6 Å². The fraction of sp³-hybridized carbons (Fsp3) is 1.00. The SMILES string of the molecule is CC(C)C1(C)CC2(CNC2)C1. The van der Waals surface area contributed by atoms with E-state index in [0.29, 0.717) is 5.41 Å². The highest BCUT2D eigenvalue weighted by Crippen LogP contribution is 2.59. The molecule has 1 heterocycles. The lowest BCUT2D eigenvalue weighted by atomic mass is 9.48. The first-order valence-corrected chi connectivity index (χ1v) is 4.77. The van der Waals surface area contributed by atoms with Gasteiger partial charge in [0.15, 0.2) is 0 Å². The molecule has 0 radical (unpaired) electrons. The average Bonchev–Trinajstić information content (AvgIpc) is 1.75. The van der Waals surface area contributed by atoms with Gasteiger partial charge in [0.2, 0.25) is 0 Å². The van der Waals surface area contributed by atoms with Gasteiger partial charge in [0.25, 0.3) is 0 Å². The minimum Gasteiger partial charge on any atom is -0.316 e. The van der Waals surface area contributed by atoms with Gasteiger partial charge in [0, 0.05) is 13.1 Å². The minimum atomic E-state index is 0.669. The quantitative estimate of drug-likeness (QED) is 0.608. The smallest absolute Gasteiger partial charge is 0.00206 e. The average molecular weight is 153 g/mol. The van der Waals surface area contributed by atoms with E-state index in [9.17, 15) is 0 Å². The van der Waals surface area contributed by atoms with Gasteiger partial charge in [-0.1, -0.05) is 20.8 Å². The van der Waals surface area contributed by atoms with Crippen LogP contribution in [0, 0.1) is 16.7 Å². The van der Waals surface area contributed by atoms with Crippen LogP contribution in [-0.2, 0) is 0 Å². The van der Waals surface area contributed by atoms with Crippen molar-refractivity contribution in [3.8, 4) is 0 Å². The molecule has 1 N–H and O–H groups in total. The molecule has 0 aromatic heterocycles. The van der Waals surface area contributed by atoms with Gasteiger partial charge in [-0.2, -0.15) is 0 Å². The molecule has 64 valence electrons. The normalized spacial score (nSPS) is 31.6. The Morgan fingerprint density at radius 3 is 2.00 bits per heavy atom. The molecule has 2 rings (SSSR count). The van der Waals surface area contributed by atoms with E-state index in [0.717, 1.165) is 11.3 Å². The van der Waals surface area contributed by atoms with Gasteiger partial charge in [0.05, 0.1) is 0 Å². The lowest BCUT2D eigenvalue weighted by molar-refractivity contribution is -0.0923. The predicted octanol–water partition coefficient (Wildman–Crippen LogP) is 2.03. The Balaban J connectivity index is 1.95. The standard InChI is InChI=1S/C10H19N/c1-8(2)9(3)4-10(5-9)6-11-7-10/h8,11H,4-7H2,1-3H3. The number of nitrogens with one attached hydrogen (secondary N) is 1. The summed E-state index contributed by atoms with van der Waals surface area (Å²) in [5.41, 5.74) is 1.42. The van der Waals surface area contributed by atoms with Crippen LogP contribution in [0.25, 0.3) is 0 Å². The van der Waals surface area contributed by atoms with Crippen molar-refractivity contribution >= 4 is 0 Å². The highest BCUT2D eigenvalue weighted by atomic mass is 15.0. The second-order valence-electron chi connectivity index (χ2n) is 5.27. The van der Waals surface area contributed by atoms with E-state index in [2.05, 4.69) is 26.1 Å². The summed E-state index contributed by atoms with van der Waals surface area (Å²) in [6.07, 6.45) is 2.93. The maximum Gasteiger partial charge on any atom is 0.00206 e. The Hall–Kier alpha value is -0.0400. The number of hydrogen-bond donors (Lipinski definition) is 1. The van der Waals surface area contributed by atoms with Crippen molar-refractivity contribution in [3.05, 3.63) is 0 Å². The van der Waals surface area contributed by atoms with Gasteiger partial charge in [-0.25, -0.2) is 0 Å². The van der Waals surface area contributed by atoms with Gasteiger partial charge in [-0.15, -0.1) is 0 Å². The molecule has 0 aromatic carbocycles. The molecule has 1 spiro atoms. The molecule has 1 aliphatic carbocycles. The van der Waals surface area contributed by atoms with Gasteiger partial charge in [0.1, 0.15) is 0 Å². The molecule has 0 bridgehead atoms. The minimum absolute atomic E-state index is 0.669. The first-order valence-electron chi connectivity index (χ1n) is 4.77. The molecule has 11 heavy (non-hydrogen) atoms. The van der Waals surface area contributed by atoms with Crippen LogP contribution in [0.1, 0.15) is 33.6 Å². The predicted molar refractivity (Wildman–Crippen MR) is 47.5 cm³/mol. The van der Waals surface area contributed by atoms with E-state index in [1.54, 1.807) is 0 Å². The molecule has 1 saturated heterocycles. The molecule has 1 nitrogen and oxygen atoms in total. The molecule has 2 fully saturated rings. The largest absolute Gasteiger partial charge is 0.316 e. The van der Waals surface area contributed by atoms with Crippen LogP contribution < -0.4 is 5.32 Å². The van der Waals surface area contributed by atoms with Crippen LogP contribution in [-0.4, -0.2) is 13.1 Å². The van der Waals surface area contributed by atoms with E-state index < -0.39 is 0 Å². The monoisotopic (exact) mass is 153 g/mol. The van der Waals surface area contributed by atoms with Crippen LogP contribution in [0.5, 0.6) is 0 Å². The Morgan fingerprint density at radius 1 is 1.18 bits per heavy atom. The Kier molecular flexibility index (Phi) is 1.39. The van der Waals surface area contributed by atoms with Crippen molar-refractivity contribution in [1.29, 1.82) is 0 Å². The molecule has 2 aliphatic rings. The van der Waals surface area contributed by atoms with Crippen molar-refractivity contribution in [1.82, 2.24) is 5.32 Å². The molecular weight excluding hydrogens is 134 g/mol. The Bertz CT molecular complexity index is 160. The molecule has 1 saturated carbocycles. The first-order chi connectivity index (χ1) is 5.06. The fourth-order valence-corrected chi connectivity index (χ4v) is 2.80. The van der Waals surface area contributed by atoms with Crippen LogP contribution in [0.2, 0.25) is 0 Å². The van der Waals surface area contributed by atoms with Crippen LogP contribution in [0.15, 0.2) is 0 Å². The highest BCUT2D eigenvalue weighted by Gasteiger charge is 2.55. The van der Waals surface area contributed by atoms with Gasteiger partial charge in [-0.3, -0.25) is 0 Å². The van der Waals surface area contributed by atoms with Crippen LogP contribution in [0.4, 0.5) is 0 Å². The Morgan fingerprint density at radius 2 is 1.73 bits per heavy atom. The van der Waals surface area contributed by atoms with E-state index in [1.807, 2.05) is 0 Å². The zero-order chi connectivity index (χ0) is 8.11. The summed E-state index contributed by atoms with van der Waals surface area (Å²) in [4.78, 5) is 0. The zero-order valence-electron chi connectivity index (χ0n) is 7.91. The van der Waals surface area contributed by atoms with Crippen LogP contribution in [0.3, 0.4) is 0 Å². The fourth-order valence-electron chi connectivity index (χ4n) is 2.80. The third-order valence-corrected chi connectivity index (χ3v) is 3.95. The summed E-state index contributed by atoms with van der Waals surface area (Å²) >= 11 is 0. The second kappa shape index (κ2) is 2.01. The summed E-state index contributed by atoms with van der Waals surface area (Å²) < 4.78 is 0. The molecule has 0 aromatic rings. The molecular formula is C10H19N. The van der Waals surface area contributed by atoms with Crippen molar-refractivity contribution in [2.45, 2.75) is 33.6 Å². The number of rotatable bonds is 1. The summed E-state index contributed by atoms with van der Waals surface area (Å²) in [6.45, 7) is 9.74. The van der Waals surface area contributed by atoms with E-state index in [1.165, 1.54) is 25.9 Å². The second-order valence-corrected chi connectivity index (χ2v) is 5.27. The summed E-state index contributed by atoms with van der Waals surface area (Å²) in [7, 11) is 0. The summed E-state index contributed by atoms with van der Waals surface area (Å²) in [5, 5.41) is 3.38. The zero-order valence-corrected chi connectivity index (χ0v) is 7.91. The van der Waals surface area contributed by atoms with E-state index >= 15 is 0 Å². The van der Waals surface area contributed by atoms with E-state index in [4.69, 9.17) is 0 Å². The lowest BCUT2D eigenvalue weighted by Gasteiger charge is -2.62. The third-order valence-electron chi connectivity index (χ3n) is 3.95. The lowest BCUT2D eigenvalue weighted by Crippen LogP contribution is -2.64. The van der Waals surface area contributed by atoms with Crippen molar-refractivity contribution < 1.29 is 0 Å². The van der Waals surface area contributed by atoms with Gasteiger partial charge in [-0.05, 0) is 29.6 Å². The molecule has 1 heteroatoms. The van der Waals surface area contributed by atoms with Crippen molar-refractivity contribution in [2.24, 2.45) is 16.7 Å². The number of hydrogen-bond acceptors (Lipinski definition) is 1. The molecule has 1 aliphatic heterocycles. The third kappa shape index (κ3) is 0.936. The summed E-state index contributed by atoms with van der Waals surface area (Å²) in [6, 6.07) is 0. The van der Waals surface area contributed by atoms with Crippen molar-refractivity contribution in [2.75, 3.05) is 13.1 Å². The van der Waals surface area contributed by atoms with E-state index in [-0.39, 0.29) is 0 Å². The van der Waals surface area contributed by atoms with Crippen molar-refractivity contribution in [3.63, 3.8) is 0 Å². The topological polar surface area (TPSA) is 12.0 Å². The van der Waals surface area contributed by atoms with Crippen LogP contribution >= 0.6 is 0 Å². The maximum absolute atomic E-state index is 3.38. The summed E-state index contributed by atoms with van der Waals surface area (Å²) in [5.74, 6) is 0.869. The molecule has 0 unspecified atom stereocenters. The van der Waals surface area contributed by atoms with Gasteiger partial charge >= 0.3 is 0 Å². The first kappa shape index (κ1) is 7.60.